The van der Waals surface area contributed by atoms with Gasteiger partial charge in [-0.3, -0.25) is 4.79 Å². The molecule has 1 aromatic rings. The zero-order valence-corrected chi connectivity index (χ0v) is 11.9. The predicted molar refractivity (Wildman–Crippen MR) is 75.9 cm³/mol. The van der Waals surface area contributed by atoms with Gasteiger partial charge < -0.3 is 15.5 Å². The molecule has 1 aliphatic rings. The van der Waals surface area contributed by atoms with Gasteiger partial charge in [0.2, 0.25) is 0 Å². The number of pyridine rings is 1. The number of carbonyl (C=O) groups is 1. The van der Waals surface area contributed by atoms with Gasteiger partial charge in [0.05, 0.1) is 0 Å². The Morgan fingerprint density at radius 1 is 1.42 bits per heavy atom. The Kier molecular flexibility index (Phi) is 3.75. The van der Waals surface area contributed by atoms with Crippen molar-refractivity contribution >= 4 is 11.7 Å². The second-order valence-corrected chi connectivity index (χ2v) is 5.60. The highest BCUT2D eigenvalue weighted by Crippen LogP contribution is 2.36. The van der Waals surface area contributed by atoms with Crippen molar-refractivity contribution in [3.63, 3.8) is 0 Å². The summed E-state index contributed by atoms with van der Waals surface area (Å²) in [6, 6.07) is 3.33. The van der Waals surface area contributed by atoms with Gasteiger partial charge in [0, 0.05) is 30.9 Å². The fourth-order valence-electron chi connectivity index (χ4n) is 2.65. The van der Waals surface area contributed by atoms with Crippen LogP contribution in [-0.2, 0) is 0 Å². The number of hydrogen-bond donors (Lipinski definition) is 1. The maximum Gasteiger partial charge on any atom is 0.253 e. The molecule has 0 atom stereocenters. The summed E-state index contributed by atoms with van der Waals surface area (Å²) < 4.78 is 0. The largest absolute Gasteiger partial charge is 0.384 e. The third kappa shape index (κ3) is 2.71. The van der Waals surface area contributed by atoms with Crippen LogP contribution in [0.2, 0.25) is 0 Å². The molecule has 104 valence electrons. The van der Waals surface area contributed by atoms with Crippen LogP contribution in [0.15, 0.2) is 18.3 Å². The molecule has 0 radical (unpaired) electrons. The Morgan fingerprint density at radius 3 is 2.58 bits per heavy atom. The third-order valence-electron chi connectivity index (χ3n) is 4.14. The van der Waals surface area contributed by atoms with Crippen LogP contribution >= 0.6 is 0 Å². The van der Waals surface area contributed by atoms with E-state index in [1.54, 1.807) is 23.2 Å². The van der Waals surface area contributed by atoms with E-state index in [2.05, 4.69) is 24.0 Å². The molecular weight excluding hydrogens is 240 g/mol. The zero-order chi connectivity index (χ0) is 14.0. The monoisotopic (exact) mass is 262 g/mol. The highest BCUT2D eigenvalue weighted by atomic mass is 16.2. The van der Waals surface area contributed by atoms with Crippen molar-refractivity contribution in [2.75, 3.05) is 33.4 Å². The smallest absolute Gasteiger partial charge is 0.253 e. The van der Waals surface area contributed by atoms with Gasteiger partial charge in [-0.05, 0) is 45.5 Å². The standard InChI is InChI=1S/C14H22N4O/c1-17(2)14(6-4-7-14)10-18(3)13(19)11-5-8-16-12(15)9-11/h5,8-9H,4,6-7,10H2,1-3H3,(H2,15,16). The Labute approximate surface area is 114 Å². The van der Waals surface area contributed by atoms with E-state index >= 15 is 0 Å². The normalized spacial score (nSPS) is 17.1. The molecule has 1 amide bonds. The van der Waals surface area contributed by atoms with Crippen molar-refractivity contribution in [3.8, 4) is 0 Å². The number of aromatic nitrogens is 1. The Balaban J connectivity index is 2.07. The minimum Gasteiger partial charge on any atom is -0.384 e. The van der Waals surface area contributed by atoms with Gasteiger partial charge in [0.25, 0.3) is 5.91 Å². The minimum absolute atomic E-state index is 0.00206. The molecule has 1 aliphatic carbocycles. The van der Waals surface area contributed by atoms with Crippen LogP contribution in [0.1, 0.15) is 29.6 Å². The molecule has 1 saturated carbocycles. The maximum atomic E-state index is 12.4. The van der Waals surface area contributed by atoms with Crippen molar-refractivity contribution in [1.82, 2.24) is 14.8 Å². The lowest BCUT2D eigenvalue weighted by Crippen LogP contribution is -2.57. The second kappa shape index (κ2) is 5.17. The predicted octanol–water partition coefficient (Wildman–Crippen LogP) is 1.22. The first-order valence-corrected chi connectivity index (χ1v) is 6.59. The molecule has 0 saturated heterocycles. The maximum absolute atomic E-state index is 12.4. The minimum atomic E-state index is 0.00206. The fraction of sp³-hybridized carbons (Fsp3) is 0.571. The molecule has 0 spiro atoms. The molecule has 19 heavy (non-hydrogen) atoms. The van der Waals surface area contributed by atoms with Crippen LogP contribution in [0, 0.1) is 0 Å². The third-order valence-corrected chi connectivity index (χ3v) is 4.14. The second-order valence-electron chi connectivity index (χ2n) is 5.60. The van der Waals surface area contributed by atoms with Gasteiger partial charge in [-0.1, -0.05) is 0 Å². The van der Waals surface area contributed by atoms with Crippen LogP contribution in [0.3, 0.4) is 0 Å². The van der Waals surface area contributed by atoms with E-state index in [1.807, 2.05) is 7.05 Å². The van der Waals surface area contributed by atoms with Gasteiger partial charge in [-0.15, -0.1) is 0 Å². The number of hydrogen-bond acceptors (Lipinski definition) is 4. The van der Waals surface area contributed by atoms with E-state index in [0.717, 1.165) is 19.4 Å². The van der Waals surface area contributed by atoms with E-state index in [9.17, 15) is 4.79 Å². The quantitative estimate of drug-likeness (QED) is 0.886. The SMILES string of the molecule is CN(CC1(N(C)C)CCC1)C(=O)c1ccnc(N)c1. The van der Waals surface area contributed by atoms with Crippen LogP contribution in [-0.4, -0.2) is 53.9 Å². The topological polar surface area (TPSA) is 62.5 Å². The van der Waals surface area contributed by atoms with Crippen LogP contribution in [0.5, 0.6) is 0 Å². The molecule has 1 fully saturated rings. The number of amides is 1. The van der Waals surface area contributed by atoms with E-state index < -0.39 is 0 Å². The average Bonchev–Trinajstić information content (AvgIpc) is 2.32. The molecule has 5 heteroatoms. The van der Waals surface area contributed by atoms with Crippen molar-refractivity contribution in [2.24, 2.45) is 0 Å². The van der Waals surface area contributed by atoms with Crippen LogP contribution < -0.4 is 5.73 Å². The lowest BCUT2D eigenvalue weighted by molar-refractivity contribution is 0.0252. The van der Waals surface area contributed by atoms with Gasteiger partial charge in [-0.25, -0.2) is 4.98 Å². The molecule has 2 rings (SSSR count). The lowest BCUT2D eigenvalue weighted by Gasteiger charge is -2.49. The molecule has 0 bridgehead atoms. The van der Waals surface area contributed by atoms with Crippen molar-refractivity contribution < 1.29 is 4.79 Å². The average molecular weight is 262 g/mol. The van der Waals surface area contributed by atoms with E-state index in [1.165, 1.54) is 6.42 Å². The molecule has 2 N–H and O–H groups in total. The number of nitrogens with zero attached hydrogens (tertiary/aromatic N) is 3. The summed E-state index contributed by atoms with van der Waals surface area (Å²) in [5, 5.41) is 0. The van der Waals surface area contributed by atoms with Gasteiger partial charge in [0.1, 0.15) is 5.82 Å². The van der Waals surface area contributed by atoms with Gasteiger partial charge in [0.15, 0.2) is 0 Å². The molecule has 0 aliphatic heterocycles. The fourth-order valence-corrected chi connectivity index (χ4v) is 2.65. The number of likely N-dealkylation sites (N-methyl/N-ethyl adjacent to an activating group) is 2. The summed E-state index contributed by atoms with van der Waals surface area (Å²) >= 11 is 0. The summed E-state index contributed by atoms with van der Waals surface area (Å²) in [5.41, 5.74) is 6.36. The van der Waals surface area contributed by atoms with Crippen LogP contribution in [0.4, 0.5) is 5.82 Å². The molecule has 5 nitrogen and oxygen atoms in total. The number of carbonyl (C=O) groups excluding carboxylic acids is 1. The first-order chi connectivity index (χ1) is 8.94. The number of nitrogens with two attached hydrogens (primary N) is 1. The number of nitrogen functional groups attached to an aromatic ring is 1. The summed E-state index contributed by atoms with van der Waals surface area (Å²) in [5.74, 6) is 0.382. The summed E-state index contributed by atoms with van der Waals surface area (Å²) in [6.07, 6.45) is 5.11. The molecular formula is C14H22N4O. The van der Waals surface area contributed by atoms with Gasteiger partial charge >= 0.3 is 0 Å². The summed E-state index contributed by atoms with van der Waals surface area (Å²) in [4.78, 5) is 20.3. The van der Waals surface area contributed by atoms with Crippen molar-refractivity contribution in [2.45, 2.75) is 24.8 Å². The van der Waals surface area contributed by atoms with Crippen molar-refractivity contribution in [3.05, 3.63) is 23.9 Å². The van der Waals surface area contributed by atoms with E-state index in [4.69, 9.17) is 5.73 Å². The number of rotatable bonds is 4. The molecule has 0 aromatic carbocycles. The highest BCUT2D eigenvalue weighted by Gasteiger charge is 2.40. The van der Waals surface area contributed by atoms with E-state index in [-0.39, 0.29) is 11.4 Å². The zero-order valence-electron chi connectivity index (χ0n) is 11.9. The first-order valence-electron chi connectivity index (χ1n) is 6.59. The number of anilines is 1. The Bertz CT molecular complexity index is 468. The van der Waals surface area contributed by atoms with Gasteiger partial charge in [-0.2, -0.15) is 0 Å². The van der Waals surface area contributed by atoms with E-state index in [0.29, 0.717) is 11.4 Å². The molecule has 1 aromatic heterocycles. The molecule has 1 heterocycles. The summed E-state index contributed by atoms with van der Waals surface area (Å²) in [7, 11) is 6.02. The highest BCUT2D eigenvalue weighted by molar-refractivity contribution is 5.94. The van der Waals surface area contributed by atoms with Crippen LogP contribution in [0.25, 0.3) is 0 Å². The Hall–Kier alpha value is -1.62. The van der Waals surface area contributed by atoms with Crippen molar-refractivity contribution in [1.29, 1.82) is 0 Å². The molecule has 0 unspecified atom stereocenters. The lowest BCUT2D eigenvalue weighted by atomic mass is 9.75. The Morgan fingerprint density at radius 2 is 2.11 bits per heavy atom. The summed E-state index contributed by atoms with van der Waals surface area (Å²) in [6.45, 7) is 0.751. The first kappa shape index (κ1) is 13.8.